The van der Waals surface area contributed by atoms with Gasteiger partial charge in [0.15, 0.2) is 5.82 Å². The third kappa shape index (κ3) is 4.65. The van der Waals surface area contributed by atoms with Crippen LogP contribution in [0.1, 0.15) is 12.5 Å². The van der Waals surface area contributed by atoms with Crippen LogP contribution in [0, 0.1) is 0 Å². The van der Waals surface area contributed by atoms with Crippen molar-refractivity contribution in [3.63, 3.8) is 0 Å². The molecule has 1 aliphatic heterocycles. The Morgan fingerprint density at radius 1 is 1.23 bits per heavy atom. The van der Waals surface area contributed by atoms with Crippen molar-refractivity contribution in [1.82, 2.24) is 14.9 Å². The number of carbonyl (C=O) groups excluding carboxylic acids is 1. The summed E-state index contributed by atoms with van der Waals surface area (Å²) in [7, 11) is 1.62. The smallest absolute Gasteiger partial charge is 0.340 e. The van der Waals surface area contributed by atoms with Crippen LogP contribution in [0.2, 0.25) is 5.02 Å². The molecule has 4 rings (SSSR count). The number of thioether (sulfide) groups is 1. The van der Waals surface area contributed by atoms with E-state index in [0.29, 0.717) is 33.0 Å². The third-order valence-electron chi connectivity index (χ3n) is 4.48. The lowest BCUT2D eigenvalue weighted by molar-refractivity contribution is -0.137. The van der Waals surface area contributed by atoms with Gasteiger partial charge in [0, 0.05) is 16.3 Å². The number of rotatable bonds is 6. The Hall–Kier alpha value is -3.10. The Balaban J connectivity index is 1.76. The van der Waals surface area contributed by atoms with Crippen molar-refractivity contribution in [2.45, 2.75) is 12.1 Å². The highest BCUT2D eigenvalue weighted by atomic mass is 35.5. The van der Waals surface area contributed by atoms with E-state index in [0.717, 1.165) is 16.9 Å². The largest absolute Gasteiger partial charge is 0.497 e. The average molecular weight is 455 g/mol. The van der Waals surface area contributed by atoms with E-state index in [2.05, 4.69) is 10.2 Å². The summed E-state index contributed by atoms with van der Waals surface area (Å²) in [4.78, 5) is 12.7. The van der Waals surface area contributed by atoms with Gasteiger partial charge in [0.05, 0.1) is 25.0 Å². The van der Waals surface area contributed by atoms with Crippen molar-refractivity contribution in [3.8, 4) is 17.1 Å². The molecule has 3 aromatic rings. The number of hydrogen-bond acceptors (Lipinski definition) is 7. The molecule has 0 saturated carbocycles. The van der Waals surface area contributed by atoms with E-state index in [1.807, 2.05) is 36.4 Å². The summed E-state index contributed by atoms with van der Waals surface area (Å²) in [6.07, 6.45) is 1.74. The Bertz CT molecular complexity index is 1170. The maximum atomic E-state index is 12.7. The lowest BCUT2D eigenvalue weighted by atomic mass is 10.1. The standard InChI is InChI=1S/C22H19ClN4O3S/c1-3-30-21(28)18(12-14-5-4-6-16(23)11-14)19-13-31-22-25-24-20(27(22)26-19)15-7-9-17(29-2)10-8-15/h4-12H,3,13H2,1-2H3/b18-12-. The van der Waals surface area contributed by atoms with Crippen LogP contribution in [0.15, 0.2) is 64.4 Å². The van der Waals surface area contributed by atoms with E-state index in [1.165, 1.54) is 11.8 Å². The lowest BCUT2D eigenvalue weighted by Crippen LogP contribution is -2.21. The molecule has 9 heteroatoms. The van der Waals surface area contributed by atoms with Gasteiger partial charge in [0.2, 0.25) is 5.16 Å². The molecular weight excluding hydrogens is 436 g/mol. The zero-order chi connectivity index (χ0) is 21.8. The van der Waals surface area contributed by atoms with Crippen LogP contribution < -0.4 is 4.74 Å². The number of methoxy groups -OCH3 is 1. The van der Waals surface area contributed by atoms with Crippen molar-refractivity contribution in [1.29, 1.82) is 0 Å². The highest BCUT2D eigenvalue weighted by molar-refractivity contribution is 7.99. The van der Waals surface area contributed by atoms with Crippen LogP contribution in [-0.4, -0.2) is 46.0 Å². The second-order valence-corrected chi connectivity index (χ2v) is 7.89. The number of carbonyl (C=O) groups is 1. The van der Waals surface area contributed by atoms with E-state index in [-0.39, 0.29) is 6.61 Å². The first kappa shape index (κ1) is 21.1. The maximum absolute atomic E-state index is 12.7. The Morgan fingerprint density at radius 3 is 2.74 bits per heavy atom. The van der Waals surface area contributed by atoms with Gasteiger partial charge in [-0.25, -0.2) is 4.79 Å². The summed E-state index contributed by atoms with van der Waals surface area (Å²) in [6.45, 7) is 2.03. The SMILES string of the molecule is CCOC(=O)/C(=C\c1cccc(Cl)c1)C1=Nn2c(nnc2-c2ccc(OC)cc2)SC1. The van der Waals surface area contributed by atoms with Crippen molar-refractivity contribution < 1.29 is 14.3 Å². The highest BCUT2D eigenvalue weighted by Gasteiger charge is 2.25. The molecule has 0 atom stereocenters. The third-order valence-corrected chi connectivity index (χ3v) is 5.65. The minimum Gasteiger partial charge on any atom is -0.497 e. The van der Waals surface area contributed by atoms with Gasteiger partial charge in [-0.1, -0.05) is 35.5 Å². The van der Waals surface area contributed by atoms with Gasteiger partial charge in [0.25, 0.3) is 0 Å². The average Bonchev–Trinajstić information content (AvgIpc) is 3.21. The number of benzene rings is 2. The van der Waals surface area contributed by atoms with Crippen molar-refractivity contribution in [2.24, 2.45) is 5.10 Å². The first-order valence-corrected chi connectivity index (χ1v) is 10.9. The first-order chi connectivity index (χ1) is 15.1. The molecular formula is C22H19ClN4O3S. The molecule has 0 bridgehead atoms. The summed E-state index contributed by atoms with van der Waals surface area (Å²) in [5, 5.41) is 14.5. The molecule has 31 heavy (non-hydrogen) atoms. The van der Waals surface area contributed by atoms with Gasteiger partial charge in [-0.3, -0.25) is 0 Å². The van der Waals surface area contributed by atoms with Crippen LogP contribution in [0.3, 0.4) is 0 Å². The molecule has 1 aromatic heterocycles. The topological polar surface area (TPSA) is 78.6 Å². The molecule has 0 fully saturated rings. The summed E-state index contributed by atoms with van der Waals surface area (Å²) in [5.41, 5.74) is 2.57. The van der Waals surface area contributed by atoms with Crippen LogP contribution >= 0.6 is 23.4 Å². The van der Waals surface area contributed by atoms with Crippen molar-refractivity contribution >= 4 is 41.1 Å². The quantitative estimate of drug-likeness (QED) is 0.401. The highest BCUT2D eigenvalue weighted by Crippen LogP contribution is 2.30. The Labute approximate surface area is 188 Å². The van der Waals surface area contributed by atoms with Gasteiger partial charge in [-0.05, 0) is 55.0 Å². The van der Waals surface area contributed by atoms with Crippen LogP contribution in [0.25, 0.3) is 17.5 Å². The minimum atomic E-state index is -0.440. The van der Waals surface area contributed by atoms with Crippen LogP contribution in [0.5, 0.6) is 5.75 Å². The predicted octanol–water partition coefficient (Wildman–Crippen LogP) is 4.56. The number of esters is 1. The molecule has 0 radical (unpaired) electrons. The van der Waals surface area contributed by atoms with E-state index >= 15 is 0 Å². The summed E-state index contributed by atoms with van der Waals surface area (Å²) in [5.74, 6) is 1.35. The van der Waals surface area contributed by atoms with Gasteiger partial charge in [0.1, 0.15) is 5.75 Å². The van der Waals surface area contributed by atoms with Crippen LogP contribution in [0.4, 0.5) is 0 Å². The fraction of sp³-hybridized carbons (Fsp3) is 0.182. The Kier molecular flexibility index (Phi) is 6.39. The molecule has 0 unspecified atom stereocenters. The zero-order valence-corrected chi connectivity index (χ0v) is 18.5. The van der Waals surface area contributed by atoms with Gasteiger partial charge >= 0.3 is 5.97 Å². The number of ether oxygens (including phenoxy) is 2. The fourth-order valence-electron chi connectivity index (χ4n) is 3.01. The molecule has 1 aliphatic rings. The first-order valence-electron chi connectivity index (χ1n) is 9.54. The number of hydrogen-bond donors (Lipinski definition) is 0. The fourth-order valence-corrected chi connectivity index (χ4v) is 4.04. The number of halogens is 1. The molecule has 0 amide bonds. The van der Waals surface area contributed by atoms with E-state index in [9.17, 15) is 4.79 Å². The van der Waals surface area contributed by atoms with Gasteiger partial charge < -0.3 is 9.47 Å². The predicted molar refractivity (Wildman–Crippen MR) is 122 cm³/mol. The second kappa shape index (κ2) is 9.36. The molecule has 2 heterocycles. The molecule has 158 valence electrons. The molecule has 2 aromatic carbocycles. The lowest BCUT2D eigenvalue weighted by Gasteiger charge is -2.16. The zero-order valence-electron chi connectivity index (χ0n) is 16.9. The summed E-state index contributed by atoms with van der Waals surface area (Å²) in [6, 6.07) is 14.7. The molecule has 0 spiro atoms. The van der Waals surface area contributed by atoms with E-state index in [4.69, 9.17) is 26.2 Å². The maximum Gasteiger partial charge on any atom is 0.340 e. The molecule has 0 saturated heterocycles. The monoisotopic (exact) mass is 454 g/mol. The second-order valence-electron chi connectivity index (χ2n) is 6.52. The summed E-state index contributed by atoms with van der Waals surface area (Å²) >= 11 is 7.56. The number of aromatic nitrogens is 3. The Morgan fingerprint density at radius 2 is 2.03 bits per heavy atom. The molecule has 7 nitrogen and oxygen atoms in total. The minimum absolute atomic E-state index is 0.265. The van der Waals surface area contributed by atoms with Crippen molar-refractivity contribution in [2.75, 3.05) is 19.5 Å². The van der Waals surface area contributed by atoms with Gasteiger partial charge in [-0.15, -0.1) is 10.2 Å². The number of fused-ring (bicyclic) bond motifs is 1. The normalized spacial score (nSPS) is 13.4. The number of nitrogens with zero attached hydrogens (tertiary/aromatic N) is 4. The van der Waals surface area contributed by atoms with Gasteiger partial charge in [-0.2, -0.15) is 9.78 Å². The van der Waals surface area contributed by atoms with Crippen molar-refractivity contribution in [3.05, 3.63) is 64.7 Å². The van der Waals surface area contributed by atoms with Crippen LogP contribution in [-0.2, 0) is 9.53 Å². The van der Waals surface area contributed by atoms with E-state index in [1.54, 1.807) is 36.9 Å². The van der Waals surface area contributed by atoms with E-state index < -0.39 is 5.97 Å². The summed E-state index contributed by atoms with van der Waals surface area (Å²) < 4.78 is 12.2. The molecule has 0 aliphatic carbocycles. The molecule has 0 N–H and O–H groups in total.